The van der Waals surface area contributed by atoms with Crippen LogP contribution in [-0.4, -0.2) is 23.2 Å². The maximum Gasteiger partial charge on any atom is 0.296 e. The fraction of sp³-hybridized carbons (Fsp3) is 0.333. The summed E-state index contributed by atoms with van der Waals surface area (Å²) in [5.41, 5.74) is 0.679. The fourth-order valence-corrected chi connectivity index (χ4v) is 2.95. The van der Waals surface area contributed by atoms with E-state index < -0.39 is 9.05 Å². The molecule has 0 atom stereocenters. The van der Waals surface area contributed by atoms with Crippen LogP contribution >= 0.6 is 10.7 Å². The molecule has 0 amide bonds. The quantitative estimate of drug-likeness (QED) is 0.813. The van der Waals surface area contributed by atoms with E-state index in [0.29, 0.717) is 11.4 Å². The lowest BCUT2D eigenvalue weighted by Crippen LogP contribution is -2.12. The molecule has 0 saturated heterocycles. The largest absolute Gasteiger partial charge is 0.298 e. The van der Waals surface area contributed by atoms with Gasteiger partial charge in [-0.15, -0.1) is 10.2 Å². The Bertz CT molecular complexity index is 728. The zero-order valence-corrected chi connectivity index (χ0v) is 12.5. The SMILES string of the molecule is CC(C)n1c(Cc2cccc(F)c2)nnc1S(=O)(=O)Cl. The lowest BCUT2D eigenvalue weighted by molar-refractivity contribution is 0.512. The van der Waals surface area contributed by atoms with Gasteiger partial charge >= 0.3 is 0 Å². The molecule has 20 heavy (non-hydrogen) atoms. The molecular weight excluding hydrogens is 305 g/mol. The smallest absolute Gasteiger partial charge is 0.296 e. The third-order valence-corrected chi connectivity index (χ3v) is 3.85. The van der Waals surface area contributed by atoms with Crippen molar-refractivity contribution in [1.29, 1.82) is 0 Å². The predicted octanol–water partition coefficient (Wildman–Crippen LogP) is 2.52. The summed E-state index contributed by atoms with van der Waals surface area (Å²) in [6.07, 6.45) is 0.273. The number of hydrogen-bond donors (Lipinski definition) is 0. The molecule has 108 valence electrons. The van der Waals surface area contributed by atoms with E-state index in [0.717, 1.165) is 0 Å². The van der Waals surface area contributed by atoms with Crippen molar-refractivity contribution >= 4 is 19.7 Å². The molecule has 0 radical (unpaired) electrons. The number of aromatic nitrogens is 3. The Labute approximate surface area is 120 Å². The molecule has 8 heteroatoms. The van der Waals surface area contributed by atoms with Crippen molar-refractivity contribution in [2.45, 2.75) is 31.5 Å². The molecule has 0 fully saturated rings. The van der Waals surface area contributed by atoms with Gasteiger partial charge in [-0.3, -0.25) is 4.57 Å². The number of halogens is 2. The zero-order chi connectivity index (χ0) is 14.9. The molecule has 2 aromatic rings. The second-order valence-corrected chi connectivity index (χ2v) is 7.07. The number of benzene rings is 1. The van der Waals surface area contributed by atoms with Gasteiger partial charge in [0.2, 0.25) is 0 Å². The highest BCUT2D eigenvalue weighted by Crippen LogP contribution is 2.21. The Kier molecular flexibility index (Phi) is 4.10. The Morgan fingerprint density at radius 1 is 1.35 bits per heavy atom. The summed E-state index contributed by atoms with van der Waals surface area (Å²) in [5, 5.41) is 7.19. The van der Waals surface area contributed by atoms with Gasteiger partial charge in [0, 0.05) is 23.1 Å². The molecule has 5 nitrogen and oxygen atoms in total. The van der Waals surface area contributed by atoms with Gasteiger partial charge in [0.05, 0.1) is 0 Å². The lowest BCUT2D eigenvalue weighted by Gasteiger charge is -2.12. The Hall–Kier alpha value is -1.47. The summed E-state index contributed by atoms with van der Waals surface area (Å²) in [4.78, 5) is 0. The summed E-state index contributed by atoms with van der Waals surface area (Å²) < 4.78 is 37.5. The molecule has 2 rings (SSSR count). The van der Waals surface area contributed by atoms with Crippen molar-refractivity contribution in [2.24, 2.45) is 0 Å². The van der Waals surface area contributed by atoms with E-state index >= 15 is 0 Å². The van der Waals surface area contributed by atoms with Crippen molar-refractivity contribution < 1.29 is 12.8 Å². The molecule has 0 bridgehead atoms. The van der Waals surface area contributed by atoms with Gasteiger partial charge in [0.1, 0.15) is 11.6 Å². The van der Waals surface area contributed by atoms with E-state index in [9.17, 15) is 12.8 Å². The van der Waals surface area contributed by atoms with Crippen molar-refractivity contribution in [3.63, 3.8) is 0 Å². The van der Waals surface area contributed by atoms with Crippen LogP contribution in [-0.2, 0) is 15.5 Å². The molecular formula is C12H13ClFN3O2S. The summed E-state index contributed by atoms with van der Waals surface area (Å²) in [6.45, 7) is 3.59. The number of nitrogens with zero attached hydrogens (tertiary/aromatic N) is 3. The molecule has 0 spiro atoms. The van der Waals surface area contributed by atoms with Gasteiger partial charge in [0.25, 0.3) is 14.2 Å². The van der Waals surface area contributed by atoms with E-state index in [2.05, 4.69) is 10.2 Å². The minimum Gasteiger partial charge on any atom is -0.298 e. The van der Waals surface area contributed by atoms with Gasteiger partial charge < -0.3 is 0 Å². The van der Waals surface area contributed by atoms with Gasteiger partial charge in [-0.1, -0.05) is 12.1 Å². The first-order chi connectivity index (χ1) is 9.29. The summed E-state index contributed by atoms with van der Waals surface area (Å²) in [7, 11) is 1.37. The highest BCUT2D eigenvalue weighted by atomic mass is 35.7. The molecule has 0 aliphatic carbocycles. The first kappa shape index (κ1) is 14.9. The molecule has 0 aliphatic rings. The van der Waals surface area contributed by atoms with E-state index in [1.165, 1.54) is 16.7 Å². The normalized spacial score (nSPS) is 12.1. The highest BCUT2D eigenvalue weighted by molar-refractivity contribution is 8.13. The molecule has 0 N–H and O–H groups in total. The third kappa shape index (κ3) is 3.16. The van der Waals surface area contributed by atoms with Gasteiger partial charge in [-0.05, 0) is 31.5 Å². The van der Waals surface area contributed by atoms with Crippen LogP contribution in [0.25, 0.3) is 0 Å². The van der Waals surface area contributed by atoms with Crippen LogP contribution < -0.4 is 0 Å². The van der Waals surface area contributed by atoms with Crippen LogP contribution in [0.4, 0.5) is 4.39 Å². The van der Waals surface area contributed by atoms with Crippen molar-refractivity contribution in [2.75, 3.05) is 0 Å². The number of rotatable bonds is 4. The van der Waals surface area contributed by atoms with E-state index in [1.54, 1.807) is 26.0 Å². The minimum atomic E-state index is -3.97. The van der Waals surface area contributed by atoms with Crippen molar-refractivity contribution in [1.82, 2.24) is 14.8 Å². The van der Waals surface area contributed by atoms with E-state index in [4.69, 9.17) is 10.7 Å². The van der Waals surface area contributed by atoms with Crippen LogP contribution in [0.3, 0.4) is 0 Å². The second kappa shape index (κ2) is 5.49. The maximum absolute atomic E-state index is 13.2. The molecule has 1 aromatic carbocycles. The third-order valence-electron chi connectivity index (χ3n) is 2.72. The van der Waals surface area contributed by atoms with Gasteiger partial charge in [-0.25, -0.2) is 12.8 Å². The van der Waals surface area contributed by atoms with Crippen LogP contribution in [0, 0.1) is 5.82 Å². The minimum absolute atomic E-state index is 0.183. The van der Waals surface area contributed by atoms with Crippen molar-refractivity contribution in [3.05, 3.63) is 41.5 Å². The molecule has 0 unspecified atom stereocenters. The summed E-state index contributed by atoms with van der Waals surface area (Å²) >= 11 is 0. The molecule has 0 aliphatic heterocycles. The van der Waals surface area contributed by atoms with Crippen LogP contribution in [0.5, 0.6) is 0 Å². The predicted molar refractivity (Wildman–Crippen MR) is 72.7 cm³/mol. The standard InChI is InChI=1S/C12H13ClFN3O2S/c1-8(2)17-11(15-16-12(17)20(13,18)19)7-9-4-3-5-10(14)6-9/h3-6,8H,7H2,1-2H3. The zero-order valence-electron chi connectivity index (χ0n) is 10.9. The van der Waals surface area contributed by atoms with Gasteiger partial charge in [0.15, 0.2) is 0 Å². The van der Waals surface area contributed by atoms with Crippen LogP contribution in [0.1, 0.15) is 31.3 Å². The van der Waals surface area contributed by atoms with Crippen molar-refractivity contribution in [3.8, 4) is 0 Å². The Balaban J connectivity index is 2.45. The summed E-state index contributed by atoms with van der Waals surface area (Å²) in [6, 6.07) is 5.84. The first-order valence-corrected chi connectivity index (χ1v) is 8.23. The lowest BCUT2D eigenvalue weighted by atomic mass is 10.1. The average molecular weight is 318 g/mol. The molecule has 1 heterocycles. The molecule has 1 aromatic heterocycles. The van der Waals surface area contributed by atoms with Crippen LogP contribution in [0.2, 0.25) is 0 Å². The Morgan fingerprint density at radius 2 is 2.05 bits per heavy atom. The maximum atomic E-state index is 13.2. The topological polar surface area (TPSA) is 64.8 Å². The Morgan fingerprint density at radius 3 is 2.60 bits per heavy atom. The second-order valence-electron chi connectivity index (χ2n) is 4.61. The monoisotopic (exact) mass is 317 g/mol. The van der Waals surface area contributed by atoms with Crippen LogP contribution in [0.15, 0.2) is 29.4 Å². The first-order valence-electron chi connectivity index (χ1n) is 5.92. The molecule has 0 saturated carbocycles. The van der Waals surface area contributed by atoms with E-state index in [-0.39, 0.29) is 23.4 Å². The summed E-state index contributed by atoms with van der Waals surface area (Å²) in [5.74, 6) is 0.0631. The number of hydrogen-bond acceptors (Lipinski definition) is 4. The fourth-order valence-electron chi connectivity index (χ4n) is 1.94. The van der Waals surface area contributed by atoms with Gasteiger partial charge in [-0.2, -0.15) is 0 Å². The average Bonchev–Trinajstić information content (AvgIpc) is 2.72. The van der Waals surface area contributed by atoms with E-state index in [1.807, 2.05) is 0 Å². The highest BCUT2D eigenvalue weighted by Gasteiger charge is 2.24.